The third kappa shape index (κ3) is 18.7. The number of ketones is 1. The first-order valence-electron chi connectivity index (χ1n) is 21.1. The number of nitrogens with zero attached hydrogens (tertiary/aromatic N) is 5. The predicted octanol–water partition coefficient (Wildman–Crippen LogP) is 2.76. The molecule has 3 aromatic rings. The number of carboxylic acid groups (broad SMARTS) is 1. The number of rotatable bonds is 22. The molecule has 4 atom stereocenters. The molecule has 0 aliphatic heterocycles. The van der Waals surface area contributed by atoms with E-state index in [2.05, 4.69) is 40.7 Å². The number of ether oxygens (including phenoxy) is 1. The van der Waals surface area contributed by atoms with Crippen LogP contribution in [-0.4, -0.2) is 91.7 Å². The van der Waals surface area contributed by atoms with Crippen LogP contribution in [0.1, 0.15) is 119 Å². The van der Waals surface area contributed by atoms with Crippen molar-refractivity contribution in [3.8, 4) is 0 Å². The second-order valence-corrected chi connectivity index (χ2v) is 16.7. The van der Waals surface area contributed by atoms with Gasteiger partial charge in [0.2, 0.25) is 11.8 Å². The Bertz CT molecular complexity index is 1910. The number of amides is 2. The molecule has 1 aliphatic carbocycles. The molecule has 1 aliphatic rings. The maximum atomic E-state index is 14.0. The number of nitrogens with two attached hydrogens (primary N) is 5. The van der Waals surface area contributed by atoms with Crippen LogP contribution in [0, 0.1) is 25.7 Å². The van der Waals surface area contributed by atoms with E-state index in [1.165, 1.54) is 25.7 Å². The van der Waals surface area contributed by atoms with Crippen LogP contribution in [0.2, 0.25) is 0 Å². The molecule has 1 fully saturated rings. The highest BCUT2D eigenvalue weighted by molar-refractivity contribution is 5.90. The Kier molecular flexibility index (Phi) is 20.3. The summed E-state index contributed by atoms with van der Waals surface area (Å²) >= 11 is 0. The Morgan fingerprint density at radius 2 is 1.60 bits per heavy atom. The fourth-order valence-electron chi connectivity index (χ4n) is 7.03. The number of aliphatic carboxylic acids is 1. The van der Waals surface area contributed by atoms with Gasteiger partial charge >= 0.3 is 12.1 Å². The minimum atomic E-state index is -1.13. The second kappa shape index (κ2) is 25.0. The third-order valence-corrected chi connectivity index (χ3v) is 10.3. The van der Waals surface area contributed by atoms with Crippen LogP contribution in [-0.2, 0) is 38.4 Å². The number of Topliss-reactive ketones (excluding diaryl/α,β-unsaturated/α-hetero) is 1. The summed E-state index contributed by atoms with van der Waals surface area (Å²) < 4.78 is 10.7. The van der Waals surface area contributed by atoms with Crippen molar-refractivity contribution in [2.24, 2.45) is 50.5 Å². The molecule has 0 bridgehead atoms. The third-order valence-electron chi connectivity index (χ3n) is 10.3. The van der Waals surface area contributed by atoms with Crippen LogP contribution in [0.25, 0.3) is 0 Å². The van der Waals surface area contributed by atoms with Crippen molar-refractivity contribution in [1.29, 1.82) is 0 Å². The topological polar surface area (TPSA) is 344 Å². The zero-order chi connectivity index (χ0) is 45.8. The summed E-state index contributed by atoms with van der Waals surface area (Å²) in [5, 5.41) is 18.6. The van der Waals surface area contributed by atoms with E-state index in [1.807, 2.05) is 32.0 Å². The molecule has 342 valence electrons. The molecule has 0 saturated heterocycles. The lowest BCUT2D eigenvalue weighted by Gasteiger charge is -2.23. The molecule has 0 radical (unpaired) electrons. The van der Waals surface area contributed by atoms with Gasteiger partial charge in [0.1, 0.15) is 23.5 Å². The number of hydrogen-bond acceptors (Lipinski definition) is 12. The molecule has 1 aromatic carbocycles. The van der Waals surface area contributed by atoms with Gasteiger partial charge in [0.15, 0.2) is 17.7 Å². The number of aromatic amines is 1. The number of H-pyrrole nitrogens is 1. The number of aromatic nitrogens is 4. The quantitative estimate of drug-likeness (QED) is 0.0398. The van der Waals surface area contributed by atoms with Crippen molar-refractivity contribution in [3.05, 3.63) is 64.8 Å². The van der Waals surface area contributed by atoms with Crippen LogP contribution in [0.15, 0.2) is 45.2 Å². The first kappa shape index (κ1) is 50.3. The van der Waals surface area contributed by atoms with Crippen LogP contribution in [0.5, 0.6) is 0 Å². The van der Waals surface area contributed by atoms with E-state index in [9.17, 15) is 19.2 Å². The number of imidazole rings is 1. The molecule has 62 heavy (non-hydrogen) atoms. The fraction of sp³-hybridized carbons (Fsp3) is 0.595. The first-order valence-corrected chi connectivity index (χ1v) is 21.1. The number of carbonyl (C=O) groups excluding carboxylic acids is 3. The van der Waals surface area contributed by atoms with Crippen LogP contribution >= 0.6 is 0 Å². The first-order chi connectivity index (χ1) is 29.3. The summed E-state index contributed by atoms with van der Waals surface area (Å²) in [5.74, 6) is -0.737. The SMILES string of the molecule is CC(C)(C)OC(=O)N[C@H](CCCN=C(N)N)C(=O)O.Cc1cccc(C)c1C[C@H](CC(=O)[C@H](N)CCCN=C(N)N)C(=O)N[C@@H](Cc1cnc[nH]1)c1nc(CC2CCCC2)no1. The van der Waals surface area contributed by atoms with E-state index < -0.39 is 41.7 Å². The molecule has 0 unspecified atom stereocenters. The van der Waals surface area contributed by atoms with E-state index in [1.54, 1.807) is 33.3 Å². The molecule has 20 nitrogen and oxygen atoms in total. The molecule has 20 heteroatoms. The lowest BCUT2D eigenvalue weighted by Crippen LogP contribution is -2.43. The highest BCUT2D eigenvalue weighted by Gasteiger charge is 2.31. The Labute approximate surface area is 363 Å². The number of aliphatic imine (C=N–C) groups is 2. The van der Waals surface area contributed by atoms with Gasteiger partial charge in [0, 0.05) is 50.2 Å². The summed E-state index contributed by atoms with van der Waals surface area (Å²) in [6.07, 6.45) is 10.5. The highest BCUT2D eigenvalue weighted by atomic mass is 16.6. The van der Waals surface area contributed by atoms with Crippen LogP contribution < -0.4 is 39.3 Å². The highest BCUT2D eigenvalue weighted by Crippen LogP contribution is 2.28. The fourth-order valence-corrected chi connectivity index (χ4v) is 7.03. The molecule has 14 N–H and O–H groups in total. The van der Waals surface area contributed by atoms with Crippen molar-refractivity contribution in [1.82, 2.24) is 30.7 Å². The number of benzene rings is 1. The molecule has 2 amide bonds. The van der Waals surface area contributed by atoms with E-state index in [-0.39, 0.29) is 36.5 Å². The maximum Gasteiger partial charge on any atom is 0.408 e. The average molecular weight is 866 g/mol. The average Bonchev–Trinajstić information content (AvgIpc) is 3.99. The number of carboxylic acids is 1. The Morgan fingerprint density at radius 3 is 2.16 bits per heavy atom. The molecular weight excluding hydrogens is 799 g/mol. The summed E-state index contributed by atoms with van der Waals surface area (Å²) in [6, 6.07) is 3.67. The lowest BCUT2D eigenvalue weighted by molar-refractivity contribution is -0.139. The number of alkyl carbamates (subject to hydrolysis) is 1. The number of hydrogen-bond donors (Lipinski definition) is 9. The van der Waals surface area contributed by atoms with E-state index >= 15 is 0 Å². The Morgan fingerprint density at radius 1 is 0.968 bits per heavy atom. The van der Waals surface area contributed by atoms with Crippen molar-refractivity contribution >= 4 is 35.7 Å². The maximum absolute atomic E-state index is 14.0. The summed E-state index contributed by atoms with van der Waals surface area (Å²) in [5.41, 5.74) is 30.6. The Hall–Kier alpha value is -6.05. The van der Waals surface area contributed by atoms with Gasteiger partial charge in [-0.3, -0.25) is 19.6 Å². The summed E-state index contributed by atoms with van der Waals surface area (Å²) in [6.45, 7) is 9.81. The van der Waals surface area contributed by atoms with E-state index in [0.29, 0.717) is 62.8 Å². The van der Waals surface area contributed by atoms with Crippen molar-refractivity contribution in [3.63, 3.8) is 0 Å². The van der Waals surface area contributed by atoms with E-state index in [4.69, 9.17) is 43.0 Å². The molecular formula is C42H67N13O7. The van der Waals surface area contributed by atoms with Crippen LogP contribution in [0.4, 0.5) is 4.79 Å². The van der Waals surface area contributed by atoms with Gasteiger partial charge < -0.3 is 58.7 Å². The molecule has 4 rings (SSSR count). The van der Waals surface area contributed by atoms with Gasteiger partial charge in [-0.05, 0) is 89.3 Å². The largest absolute Gasteiger partial charge is 0.480 e. The molecule has 1 saturated carbocycles. The van der Waals surface area contributed by atoms with E-state index in [0.717, 1.165) is 28.8 Å². The van der Waals surface area contributed by atoms with Crippen molar-refractivity contribution < 1.29 is 33.5 Å². The normalized spacial score (nSPS) is 14.6. The number of carbonyl (C=O) groups is 4. The van der Waals surface area contributed by atoms with Gasteiger partial charge in [-0.2, -0.15) is 4.98 Å². The smallest absolute Gasteiger partial charge is 0.408 e. The van der Waals surface area contributed by atoms with Gasteiger partial charge in [-0.1, -0.05) is 49.0 Å². The molecule has 2 heterocycles. The van der Waals surface area contributed by atoms with Gasteiger partial charge in [-0.25, -0.2) is 14.6 Å². The zero-order valence-corrected chi connectivity index (χ0v) is 36.7. The number of guanidine groups is 2. The van der Waals surface area contributed by atoms with Gasteiger partial charge in [-0.15, -0.1) is 0 Å². The summed E-state index contributed by atoms with van der Waals surface area (Å²) in [4.78, 5) is 69.3. The van der Waals surface area contributed by atoms with Gasteiger partial charge in [0.25, 0.3) is 0 Å². The monoisotopic (exact) mass is 866 g/mol. The number of nitrogens with one attached hydrogen (secondary N) is 3. The summed E-state index contributed by atoms with van der Waals surface area (Å²) in [7, 11) is 0. The standard InChI is InChI=1S/C31H45N9O3.C11H22N4O4/c1-19-7-5-8-20(2)24(19)14-22(15-27(41)25(32)11-6-12-36-31(33)34)29(42)38-26(16-23-17-35-18-37-23)30-39-28(40-43-30)13-21-9-3-4-10-21;1-11(2,3)19-10(18)15-7(8(16)17)5-4-6-14-9(12)13/h5,7-8,17-18,21-22,25-26H,3-4,6,9-16,32H2,1-2H3,(H,35,37)(H,38,42)(H4,33,34,36);7H,4-6H2,1-3H3,(H,15,18)(H,16,17)(H4,12,13,14)/t22-,25-,26+;7-/m11/s1. The second-order valence-electron chi connectivity index (χ2n) is 16.7. The minimum Gasteiger partial charge on any atom is -0.480 e. The van der Waals surface area contributed by atoms with Crippen molar-refractivity contribution in [2.45, 2.75) is 135 Å². The molecule has 0 spiro atoms. The molecule has 2 aromatic heterocycles. The lowest BCUT2D eigenvalue weighted by atomic mass is 9.87. The number of aryl methyl sites for hydroxylation is 2. The van der Waals surface area contributed by atoms with Gasteiger partial charge in [0.05, 0.1) is 12.4 Å². The predicted molar refractivity (Wildman–Crippen MR) is 234 cm³/mol. The zero-order valence-electron chi connectivity index (χ0n) is 36.7. The minimum absolute atomic E-state index is 0.00169. The Balaban J connectivity index is 0.000000454. The van der Waals surface area contributed by atoms with Crippen LogP contribution in [0.3, 0.4) is 0 Å². The van der Waals surface area contributed by atoms with Crippen molar-refractivity contribution in [2.75, 3.05) is 13.1 Å².